The minimum absolute atomic E-state index is 0.0696. The maximum atomic E-state index is 13.0. The number of halogens is 1. The molecule has 2 aliphatic rings. The summed E-state index contributed by atoms with van der Waals surface area (Å²) in [5, 5.41) is 10.4. The molecule has 2 heterocycles. The average Bonchev–Trinajstić information content (AvgIpc) is 3.28. The van der Waals surface area contributed by atoms with E-state index in [0.717, 1.165) is 9.21 Å². The number of nitrogens with zero attached hydrogens (tertiary/aromatic N) is 2. The summed E-state index contributed by atoms with van der Waals surface area (Å²) in [5.41, 5.74) is 0.561. The van der Waals surface area contributed by atoms with Crippen LogP contribution >= 0.6 is 11.6 Å². The minimum Gasteiger partial charge on any atom is -0.463 e. The molecule has 32 heavy (non-hydrogen) atoms. The molecule has 1 fully saturated rings. The van der Waals surface area contributed by atoms with Crippen molar-refractivity contribution in [1.29, 1.82) is 0 Å². The summed E-state index contributed by atoms with van der Waals surface area (Å²) >= 11 is 5.81. The zero-order valence-electron chi connectivity index (χ0n) is 16.7. The summed E-state index contributed by atoms with van der Waals surface area (Å²) in [5.74, 6) is -1.83. The van der Waals surface area contributed by atoms with Gasteiger partial charge in [0.1, 0.15) is 12.6 Å². The van der Waals surface area contributed by atoms with Crippen LogP contribution in [0, 0.1) is 0 Å². The predicted octanol–water partition coefficient (Wildman–Crippen LogP) is 1.30. The van der Waals surface area contributed by atoms with E-state index in [1.54, 1.807) is 24.3 Å². The Kier molecular flexibility index (Phi) is 6.04. The Labute approximate surface area is 189 Å². The van der Waals surface area contributed by atoms with Crippen molar-refractivity contribution in [3.05, 3.63) is 64.7 Å². The van der Waals surface area contributed by atoms with Gasteiger partial charge in [-0.2, -0.15) is 4.31 Å². The van der Waals surface area contributed by atoms with Gasteiger partial charge in [0.05, 0.1) is 28.7 Å². The molecule has 0 bridgehead atoms. The van der Waals surface area contributed by atoms with Gasteiger partial charge in [-0.25, -0.2) is 8.42 Å². The van der Waals surface area contributed by atoms with Gasteiger partial charge in [-0.15, -0.1) is 0 Å². The van der Waals surface area contributed by atoms with E-state index in [1.807, 2.05) is 0 Å². The van der Waals surface area contributed by atoms with Crippen LogP contribution in [-0.2, 0) is 19.6 Å². The molecular formula is C21H19ClN2O7S. The number of carbonyl (C=O) groups is 3. The molecule has 0 aromatic heterocycles. The fraction of sp³-hybridized carbons (Fsp3) is 0.286. The molecule has 2 aromatic carbocycles. The van der Waals surface area contributed by atoms with Crippen LogP contribution in [-0.4, -0.2) is 72.4 Å². The van der Waals surface area contributed by atoms with E-state index in [4.69, 9.17) is 16.3 Å². The number of hydrogen-bond acceptors (Lipinski definition) is 7. The second-order valence-electron chi connectivity index (χ2n) is 7.41. The first-order valence-corrected chi connectivity index (χ1v) is 11.6. The molecule has 11 heteroatoms. The highest BCUT2D eigenvalue weighted by atomic mass is 35.5. The van der Waals surface area contributed by atoms with Crippen molar-refractivity contribution in [2.24, 2.45) is 0 Å². The van der Waals surface area contributed by atoms with Crippen molar-refractivity contribution >= 4 is 39.4 Å². The highest BCUT2D eigenvalue weighted by molar-refractivity contribution is 7.89. The number of aliphatic hydroxyl groups excluding tert-OH is 1. The lowest BCUT2D eigenvalue weighted by Crippen LogP contribution is -2.42. The van der Waals surface area contributed by atoms with E-state index in [1.165, 1.54) is 24.3 Å². The van der Waals surface area contributed by atoms with Crippen molar-refractivity contribution in [2.75, 3.05) is 19.7 Å². The van der Waals surface area contributed by atoms with E-state index in [-0.39, 0.29) is 42.1 Å². The third-order valence-electron chi connectivity index (χ3n) is 5.36. The van der Waals surface area contributed by atoms with Crippen LogP contribution in [0.5, 0.6) is 0 Å². The van der Waals surface area contributed by atoms with Gasteiger partial charge >= 0.3 is 5.97 Å². The highest BCUT2D eigenvalue weighted by Gasteiger charge is 2.44. The normalized spacial score (nSPS) is 21.1. The van der Waals surface area contributed by atoms with Crippen molar-refractivity contribution < 1.29 is 32.6 Å². The Bertz CT molecular complexity index is 1150. The lowest BCUT2D eigenvalue weighted by molar-refractivity contribution is -0.147. The van der Waals surface area contributed by atoms with Gasteiger partial charge < -0.3 is 9.84 Å². The summed E-state index contributed by atoms with van der Waals surface area (Å²) in [6.07, 6.45) is -1.16. The molecule has 0 spiro atoms. The number of rotatable bonds is 6. The number of benzene rings is 2. The van der Waals surface area contributed by atoms with Gasteiger partial charge in [-0.1, -0.05) is 23.7 Å². The molecule has 9 nitrogen and oxygen atoms in total. The molecule has 0 saturated carbocycles. The molecule has 168 valence electrons. The lowest BCUT2D eigenvalue weighted by Gasteiger charge is -2.23. The third-order valence-corrected chi connectivity index (χ3v) is 7.50. The van der Waals surface area contributed by atoms with Gasteiger partial charge in [-0.05, 0) is 36.4 Å². The van der Waals surface area contributed by atoms with Crippen LogP contribution in [0.1, 0.15) is 27.1 Å². The van der Waals surface area contributed by atoms with E-state index in [0.29, 0.717) is 5.02 Å². The second-order valence-corrected chi connectivity index (χ2v) is 9.74. The van der Waals surface area contributed by atoms with Crippen molar-refractivity contribution in [3.63, 3.8) is 0 Å². The molecule has 0 aliphatic carbocycles. The van der Waals surface area contributed by atoms with Gasteiger partial charge in [-0.3, -0.25) is 19.3 Å². The molecule has 4 rings (SSSR count). The quantitative estimate of drug-likeness (QED) is 0.490. The largest absolute Gasteiger partial charge is 0.463 e. The second kappa shape index (κ2) is 8.62. The maximum Gasteiger partial charge on any atom is 0.324 e. The highest BCUT2D eigenvalue weighted by Crippen LogP contribution is 2.28. The van der Waals surface area contributed by atoms with Crippen molar-refractivity contribution in [2.45, 2.75) is 23.5 Å². The summed E-state index contributed by atoms with van der Waals surface area (Å²) in [6.45, 7) is -0.730. The van der Waals surface area contributed by atoms with Crippen molar-refractivity contribution in [1.82, 2.24) is 9.21 Å². The molecule has 0 radical (unpaired) electrons. The first-order valence-electron chi connectivity index (χ1n) is 9.77. The number of β-amino-alcohol motifs (C(OH)–C–C–N with tert-alkyl or cyclic N) is 1. The topological polar surface area (TPSA) is 121 Å². The van der Waals surface area contributed by atoms with Crippen LogP contribution in [0.3, 0.4) is 0 Å². The Morgan fingerprint density at radius 1 is 1.06 bits per heavy atom. The van der Waals surface area contributed by atoms with Gasteiger partial charge in [0.2, 0.25) is 10.0 Å². The molecule has 2 amide bonds. The Balaban J connectivity index is 1.42. The number of carbonyl (C=O) groups excluding carboxylic acids is 3. The number of ether oxygens (including phenoxy) is 1. The van der Waals surface area contributed by atoms with Crippen LogP contribution in [0.25, 0.3) is 0 Å². The summed E-state index contributed by atoms with van der Waals surface area (Å²) in [6, 6.07) is 10.6. The van der Waals surface area contributed by atoms with Crippen molar-refractivity contribution in [3.8, 4) is 0 Å². The van der Waals surface area contributed by atoms with E-state index >= 15 is 0 Å². The molecule has 0 unspecified atom stereocenters. The zero-order chi connectivity index (χ0) is 23.0. The summed E-state index contributed by atoms with van der Waals surface area (Å²) < 4.78 is 32.0. The van der Waals surface area contributed by atoms with Gasteiger partial charge in [0.15, 0.2) is 0 Å². The van der Waals surface area contributed by atoms with Crippen LogP contribution in [0.4, 0.5) is 0 Å². The SMILES string of the molecule is O=C(OCCN1C(=O)c2ccccc2C1=O)[C@@H]1C[C@@H](O)CN1S(=O)(=O)c1ccc(Cl)cc1. The number of hydrogen-bond donors (Lipinski definition) is 1. The van der Waals surface area contributed by atoms with Crippen LogP contribution in [0.2, 0.25) is 5.02 Å². The lowest BCUT2D eigenvalue weighted by atomic mass is 10.1. The minimum atomic E-state index is -4.08. The number of sulfonamides is 1. The van der Waals surface area contributed by atoms with Crippen LogP contribution < -0.4 is 0 Å². The number of imide groups is 1. The Morgan fingerprint density at radius 3 is 2.25 bits per heavy atom. The zero-order valence-corrected chi connectivity index (χ0v) is 18.3. The number of amides is 2. The maximum absolute atomic E-state index is 13.0. The smallest absolute Gasteiger partial charge is 0.324 e. The molecule has 1 N–H and O–H groups in total. The molecule has 2 atom stereocenters. The average molecular weight is 479 g/mol. The first kappa shape index (κ1) is 22.4. The first-order chi connectivity index (χ1) is 15.2. The summed E-state index contributed by atoms with van der Waals surface area (Å²) in [4.78, 5) is 38.3. The Morgan fingerprint density at radius 2 is 1.66 bits per heavy atom. The Hall–Kier alpha value is -2.79. The van der Waals surface area contributed by atoms with Gasteiger partial charge in [0, 0.05) is 18.0 Å². The fourth-order valence-electron chi connectivity index (χ4n) is 3.78. The number of fused-ring (bicyclic) bond motifs is 1. The molecule has 2 aliphatic heterocycles. The predicted molar refractivity (Wildman–Crippen MR) is 113 cm³/mol. The van der Waals surface area contributed by atoms with Crippen LogP contribution in [0.15, 0.2) is 53.4 Å². The molecule has 1 saturated heterocycles. The third kappa shape index (κ3) is 4.02. The fourth-order valence-corrected chi connectivity index (χ4v) is 5.53. The molecule has 2 aromatic rings. The number of aliphatic hydroxyl groups is 1. The molecular weight excluding hydrogens is 460 g/mol. The van der Waals surface area contributed by atoms with E-state index in [9.17, 15) is 27.9 Å². The standard InChI is InChI=1S/C21H19ClN2O7S/c22-13-5-7-15(8-6-13)32(29,30)24-12-14(25)11-18(24)21(28)31-10-9-23-19(26)16-3-1-2-4-17(16)20(23)27/h1-8,14,18,25H,9-12H2/t14-,18+/m1/s1. The summed E-state index contributed by atoms with van der Waals surface area (Å²) in [7, 11) is -4.08. The van der Waals surface area contributed by atoms with E-state index in [2.05, 4.69) is 0 Å². The number of esters is 1. The van der Waals surface area contributed by atoms with Gasteiger partial charge in [0.25, 0.3) is 11.8 Å². The monoisotopic (exact) mass is 478 g/mol. The van der Waals surface area contributed by atoms with E-state index < -0.39 is 40.0 Å².